The van der Waals surface area contributed by atoms with Crippen molar-refractivity contribution >= 4 is 17.7 Å². The number of aliphatic hydroxyl groups excluding tert-OH is 2. The summed E-state index contributed by atoms with van der Waals surface area (Å²) in [6.07, 6.45) is -4.04. The van der Waals surface area contributed by atoms with E-state index in [0.29, 0.717) is 0 Å². The molecule has 1 unspecified atom stereocenters. The average Bonchev–Trinajstić information content (AvgIpc) is 2.91. The Morgan fingerprint density at radius 1 is 1.41 bits per heavy atom. The molecule has 9 nitrogen and oxygen atoms in total. The molecule has 1 fully saturated rings. The Morgan fingerprint density at radius 2 is 2.05 bits per heavy atom. The number of hydrogen-bond acceptors (Lipinski definition) is 9. The first-order chi connectivity index (χ1) is 10.1. The lowest BCUT2D eigenvalue weighted by atomic mass is 10.1. The first-order valence-electron chi connectivity index (χ1n) is 6.48. The number of rotatable bonds is 4. The fourth-order valence-corrected chi connectivity index (χ4v) is 2.01. The predicted octanol–water partition coefficient (Wildman–Crippen LogP) is -0.674. The maximum atomic E-state index is 11.6. The summed E-state index contributed by atoms with van der Waals surface area (Å²) in [5.74, 6) is -5.62. The predicted molar refractivity (Wildman–Crippen MR) is 67.2 cm³/mol. The van der Waals surface area contributed by atoms with Crippen LogP contribution in [-0.4, -0.2) is 58.6 Å². The van der Waals surface area contributed by atoms with Gasteiger partial charge in [-0.2, -0.15) is 0 Å². The molecule has 2 heterocycles. The Bertz CT molecular complexity index is 548. The summed E-state index contributed by atoms with van der Waals surface area (Å²) < 4.78 is 20.4. The van der Waals surface area contributed by atoms with Crippen molar-refractivity contribution in [3.8, 4) is 0 Å². The smallest absolute Gasteiger partial charge is 0.378 e. The van der Waals surface area contributed by atoms with Gasteiger partial charge in [0.05, 0.1) is 6.61 Å². The van der Waals surface area contributed by atoms with Crippen LogP contribution in [-0.2, 0) is 33.3 Å². The van der Waals surface area contributed by atoms with Crippen molar-refractivity contribution in [3.63, 3.8) is 0 Å². The number of carbonyl (C=O) groups excluding carboxylic acids is 3. The highest BCUT2D eigenvalue weighted by atomic mass is 16.8. The molecule has 0 spiro atoms. The van der Waals surface area contributed by atoms with Gasteiger partial charge in [0.25, 0.3) is 0 Å². The van der Waals surface area contributed by atoms with Gasteiger partial charge in [0.15, 0.2) is 17.7 Å². The summed E-state index contributed by atoms with van der Waals surface area (Å²) in [6.45, 7) is 4.30. The molecule has 0 radical (unpaired) electrons. The van der Waals surface area contributed by atoms with Gasteiger partial charge in [-0.1, -0.05) is 0 Å². The maximum absolute atomic E-state index is 11.6. The van der Waals surface area contributed by atoms with Crippen LogP contribution in [0.2, 0.25) is 0 Å². The molecule has 3 atom stereocenters. The Hall–Kier alpha value is -1.97. The lowest BCUT2D eigenvalue weighted by molar-refractivity contribution is -0.167. The first-order valence-corrected chi connectivity index (χ1v) is 6.48. The summed E-state index contributed by atoms with van der Waals surface area (Å²) in [4.78, 5) is 34.0. The van der Waals surface area contributed by atoms with E-state index in [2.05, 4.69) is 0 Å². The van der Waals surface area contributed by atoms with Gasteiger partial charge < -0.3 is 29.2 Å². The minimum atomic E-state index is -2.02. The third-order valence-corrected chi connectivity index (χ3v) is 3.11. The molecule has 2 N–H and O–H groups in total. The molecule has 2 rings (SSSR count). The molecule has 0 saturated carbocycles. The van der Waals surface area contributed by atoms with E-state index in [1.807, 2.05) is 0 Å². The minimum absolute atomic E-state index is 0.0362. The SMILES string of the molecule is CC(=O)C(O)C(=O)OC1=C(O)C(=O)O[C@@H]1[C@@H]1COC(C)(C)O1. The molecule has 22 heavy (non-hydrogen) atoms. The number of aliphatic hydroxyl groups is 2. The van der Waals surface area contributed by atoms with Crippen LogP contribution in [0.25, 0.3) is 0 Å². The normalized spacial score (nSPS) is 28.5. The van der Waals surface area contributed by atoms with Crippen molar-refractivity contribution in [2.24, 2.45) is 0 Å². The van der Waals surface area contributed by atoms with Gasteiger partial charge >= 0.3 is 11.9 Å². The van der Waals surface area contributed by atoms with E-state index >= 15 is 0 Å². The second-order valence-electron chi connectivity index (χ2n) is 5.34. The minimum Gasteiger partial charge on any atom is -0.499 e. The maximum Gasteiger partial charge on any atom is 0.378 e. The molecular formula is C13H16O9. The molecule has 0 aromatic carbocycles. The number of carbonyl (C=O) groups is 3. The monoisotopic (exact) mass is 316 g/mol. The van der Waals surface area contributed by atoms with Crippen LogP contribution < -0.4 is 0 Å². The van der Waals surface area contributed by atoms with Crippen LogP contribution in [0, 0.1) is 0 Å². The average molecular weight is 316 g/mol. The van der Waals surface area contributed by atoms with Crippen LogP contribution in [0.3, 0.4) is 0 Å². The number of ketones is 1. The molecule has 0 amide bonds. The van der Waals surface area contributed by atoms with Gasteiger partial charge in [-0.3, -0.25) is 4.79 Å². The zero-order valence-corrected chi connectivity index (χ0v) is 12.2. The Balaban J connectivity index is 2.17. The largest absolute Gasteiger partial charge is 0.499 e. The Labute approximate surface area is 125 Å². The highest BCUT2D eigenvalue weighted by Gasteiger charge is 2.48. The quantitative estimate of drug-likeness (QED) is 0.512. The highest BCUT2D eigenvalue weighted by molar-refractivity contribution is 6.01. The van der Waals surface area contributed by atoms with Crippen LogP contribution in [0.15, 0.2) is 11.5 Å². The second kappa shape index (κ2) is 5.67. The van der Waals surface area contributed by atoms with E-state index in [1.54, 1.807) is 13.8 Å². The van der Waals surface area contributed by atoms with E-state index in [0.717, 1.165) is 6.92 Å². The second-order valence-corrected chi connectivity index (χ2v) is 5.34. The number of ether oxygens (including phenoxy) is 4. The van der Waals surface area contributed by atoms with Crippen molar-refractivity contribution in [1.29, 1.82) is 0 Å². The zero-order chi connectivity index (χ0) is 16.7. The number of Topliss-reactive ketones (excluding diaryl/α,β-unsaturated/α-hetero) is 1. The topological polar surface area (TPSA) is 129 Å². The molecule has 2 aliphatic rings. The molecule has 122 valence electrons. The molecule has 0 aromatic rings. The van der Waals surface area contributed by atoms with Gasteiger partial charge in [-0.25, -0.2) is 9.59 Å². The van der Waals surface area contributed by atoms with Crippen molar-refractivity contribution in [2.75, 3.05) is 6.61 Å². The lowest BCUT2D eigenvalue weighted by Gasteiger charge is -2.21. The summed E-state index contributed by atoms with van der Waals surface area (Å²) >= 11 is 0. The summed E-state index contributed by atoms with van der Waals surface area (Å²) in [7, 11) is 0. The van der Waals surface area contributed by atoms with Crippen LogP contribution in [0.5, 0.6) is 0 Å². The van der Waals surface area contributed by atoms with Gasteiger partial charge in [0, 0.05) is 0 Å². The molecule has 9 heteroatoms. The molecule has 0 aliphatic carbocycles. The first kappa shape index (κ1) is 16.4. The van der Waals surface area contributed by atoms with E-state index in [-0.39, 0.29) is 6.61 Å². The van der Waals surface area contributed by atoms with Gasteiger partial charge in [0.1, 0.15) is 6.10 Å². The lowest BCUT2D eigenvalue weighted by Crippen LogP contribution is -2.36. The fourth-order valence-electron chi connectivity index (χ4n) is 2.01. The number of esters is 2. The number of hydrogen-bond donors (Lipinski definition) is 2. The van der Waals surface area contributed by atoms with Gasteiger partial charge in [0.2, 0.25) is 17.6 Å². The van der Waals surface area contributed by atoms with E-state index in [1.165, 1.54) is 0 Å². The molecule has 0 bridgehead atoms. The number of cyclic esters (lactones) is 1. The molecule has 0 aromatic heterocycles. The summed E-state index contributed by atoms with van der Waals surface area (Å²) in [6, 6.07) is 0. The van der Waals surface area contributed by atoms with Crippen molar-refractivity contribution in [3.05, 3.63) is 11.5 Å². The van der Waals surface area contributed by atoms with Gasteiger partial charge in [-0.15, -0.1) is 0 Å². The molecule has 1 saturated heterocycles. The summed E-state index contributed by atoms with van der Waals surface area (Å²) in [5.41, 5.74) is 0. The Morgan fingerprint density at radius 3 is 2.55 bits per heavy atom. The van der Waals surface area contributed by atoms with Crippen molar-refractivity contribution < 1.29 is 43.5 Å². The van der Waals surface area contributed by atoms with Crippen molar-refractivity contribution in [1.82, 2.24) is 0 Å². The van der Waals surface area contributed by atoms with Crippen LogP contribution in [0.1, 0.15) is 20.8 Å². The van der Waals surface area contributed by atoms with E-state index in [9.17, 15) is 24.6 Å². The molecule has 2 aliphatic heterocycles. The summed E-state index contributed by atoms with van der Waals surface area (Å²) in [5, 5.41) is 19.0. The van der Waals surface area contributed by atoms with E-state index < -0.39 is 53.3 Å². The van der Waals surface area contributed by atoms with Gasteiger partial charge in [-0.05, 0) is 20.8 Å². The third kappa shape index (κ3) is 3.11. The fraction of sp³-hybridized carbons (Fsp3) is 0.615. The standard InChI is InChI=1S/C13H16O9/c1-5(14)7(15)11(17)21-10-8(16)12(18)20-9(10)6-4-19-13(2,3)22-6/h6-7,9,15-16H,4H2,1-3H3/t6-,7?,9+/m0/s1. The highest BCUT2D eigenvalue weighted by Crippen LogP contribution is 2.33. The van der Waals surface area contributed by atoms with Crippen LogP contribution >= 0.6 is 0 Å². The molecular weight excluding hydrogens is 300 g/mol. The Kier molecular flexibility index (Phi) is 4.23. The third-order valence-electron chi connectivity index (χ3n) is 3.11. The van der Waals surface area contributed by atoms with Crippen molar-refractivity contribution in [2.45, 2.75) is 44.9 Å². The van der Waals surface area contributed by atoms with E-state index in [4.69, 9.17) is 18.9 Å². The zero-order valence-electron chi connectivity index (χ0n) is 12.2. The van der Waals surface area contributed by atoms with Crippen LogP contribution in [0.4, 0.5) is 0 Å².